The lowest BCUT2D eigenvalue weighted by molar-refractivity contribution is 0.0494. The minimum absolute atomic E-state index is 0.0385. The van der Waals surface area contributed by atoms with Crippen LogP contribution in [0.25, 0.3) is 0 Å². The minimum Gasteiger partial charge on any atom is -0.444 e. The van der Waals surface area contributed by atoms with Crippen LogP contribution in [0.1, 0.15) is 50.4 Å². The van der Waals surface area contributed by atoms with Crippen molar-refractivity contribution >= 4 is 17.8 Å². The molecule has 1 N–H and O–H groups in total. The number of aromatic nitrogens is 1. The Morgan fingerprint density at radius 3 is 2.82 bits per heavy atom. The lowest BCUT2D eigenvalue weighted by atomic mass is 9.81. The summed E-state index contributed by atoms with van der Waals surface area (Å²) in [6, 6.07) is 3.61. The molecular formula is C21H32N4O3. The van der Waals surface area contributed by atoms with Crippen LogP contribution in [0.3, 0.4) is 0 Å². The number of rotatable bonds is 4. The molecule has 154 valence electrons. The number of nitrogens with zero attached hydrogens (tertiary/aromatic N) is 3. The van der Waals surface area contributed by atoms with Gasteiger partial charge in [0.05, 0.1) is 0 Å². The summed E-state index contributed by atoms with van der Waals surface area (Å²) in [6.45, 7) is 7.54. The Labute approximate surface area is 167 Å². The second kappa shape index (κ2) is 7.60. The van der Waals surface area contributed by atoms with E-state index in [1.54, 1.807) is 12.3 Å². The van der Waals surface area contributed by atoms with Crippen LogP contribution in [0.5, 0.6) is 0 Å². The predicted octanol–water partition coefficient (Wildman–Crippen LogP) is 2.91. The van der Waals surface area contributed by atoms with Crippen LogP contribution in [0.15, 0.2) is 18.3 Å². The number of alkyl carbamates (subject to hydrolysis) is 1. The standard InChI is InChI=1S/C21H32N4O3/c1-20(2,3)28-19(27)23-13-21-9-6-7-16(21)12-25(14-21)18(26)15-8-10-22-17(11-15)24(4)5/h8,10-11,16H,6-7,9,12-14H2,1-5H3,(H,23,27)/t16-,21-/m1/s1. The molecule has 0 radical (unpaired) electrons. The molecule has 1 aliphatic carbocycles. The van der Waals surface area contributed by atoms with Gasteiger partial charge in [-0.3, -0.25) is 4.79 Å². The molecule has 0 unspecified atom stereocenters. The molecule has 2 atom stereocenters. The zero-order valence-electron chi connectivity index (χ0n) is 17.6. The van der Waals surface area contributed by atoms with Gasteiger partial charge in [-0.1, -0.05) is 6.42 Å². The van der Waals surface area contributed by atoms with E-state index in [1.807, 2.05) is 50.7 Å². The molecule has 1 aromatic rings. The number of likely N-dealkylation sites (tertiary alicyclic amines) is 1. The lowest BCUT2D eigenvalue weighted by Gasteiger charge is -2.30. The molecule has 2 amide bonds. The van der Waals surface area contributed by atoms with Crippen LogP contribution in [0, 0.1) is 11.3 Å². The van der Waals surface area contributed by atoms with Crippen molar-refractivity contribution in [1.82, 2.24) is 15.2 Å². The molecule has 28 heavy (non-hydrogen) atoms. The number of nitrogens with one attached hydrogen (secondary N) is 1. The number of carbonyl (C=O) groups is 2. The van der Waals surface area contributed by atoms with E-state index in [0.29, 0.717) is 24.6 Å². The van der Waals surface area contributed by atoms with E-state index in [1.165, 1.54) is 0 Å². The summed E-state index contributed by atoms with van der Waals surface area (Å²) in [6.07, 6.45) is 4.56. The molecule has 0 bridgehead atoms. The van der Waals surface area contributed by atoms with Gasteiger partial charge in [0.2, 0.25) is 0 Å². The number of amides is 2. The van der Waals surface area contributed by atoms with Crippen molar-refractivity contribution in [1.29, 1.82) is 0 Å². The van der Waals surface area contributed by atoms with Crippen LogP contribution in [0.4, 0.5) is 10.6 Å². The fourth-order valence-corrected chi connectivity index (χ4v) is 4.40. The molecule has 2 fully saturated rings. The van der Waals surface area contributed by atoms with E-state index in [-0.39, 0.29) is 17.4 Å². The van der Waals surface area contributed by atoms with Crippen molar-refractivity contribution in [3.63, 3.8) is 0 Å². The van der Waals surface area contributed by atoms with Crippen molar-refractivity contribution in [3.8, 4) is 0 Å². The number of hydrogen-bond donors (Lipinski definition) is 1. The van der Waals surface area contributed by atoms with E-state index >= 15 is 0 Å². The number of hydrogen-bond acceptors (Lipinski definition) is 5. The molecule has 3 rings (SSSR count). The lowest BCUT2D eigenvalue weighted by Crippen LogP contribution is -2.43. The molecular weight excluding hydrogens is 356 g/mol. The Bertz CT molecular complexity index is 743. The highest BCUT2D eigenvalue weighted by Gasteiger charge is 2.50. The fourth-order valence-electron chi connectivity index (χ4n) is 4.40. The first-order chi connectivity index (χ1) is 13.1. The zero-order chi connectivity index (χ0) is 20.5. The van der Waals surface area contributed by atoms with Gasteiger partial charge in [0.15, 0.2) is 0 Å². The van der Waals surface area contributed by atoms with Gasteiger partial charge in [-0.05, 0) is 51.7 Å². The highest BCUT2D eigenvalue weighted by Crippen LogP contribution is 2.48. The summed E-state index contributed by atoms with van der Waals surface area (Å²) in [7, 11) is 3.82. The van der Waals surface area contributed by atoms with Crippen LogP contribution < -0.4 is 10.2 Å². The van der Waals surface area contributed by atoms with Gasteiger partial charge in [0.25, 0.3) is 5.91 Å². The average molecular weight is 389 g/mol. The smallest absolute Gasteiger partial charge is 0.407 e. The summed E-state index contributed by atoms with van der Waals surface area (Å²) in [5.74, 6) is 1.23. The van der Waals surface area contributed by atoms with Crippen LogP contribution in [-0.4, -0.2) is 61.2 Å². The van der Waals surface area contributed by atoms with Gasteiger partial charge < -0.3 is 19.9 Å². The van der Waals surface area contributed by atoms with Crippen LogP contribution in [-0.2, 0) is 4.74 Å². The van der Waals surface area contributed by atoms with E-state index in [4.69, 9.17) is 4.74 Å². The summed E-state index contributed by atoms with van der Waals surface area (Å²) >= 11 is 0. The first-order valence-electron chi connectivity index (χ1n) is 9.99. The highest BCUT2D eigenvalue weighted by atomic mass is 16.6. The molecule has 1 aromatic heterocycles. The normalized spacial score (nSPS) is 24.0. The van der Waals surface area contributed by atoms with Crippen LogP contribution in [0.2, 0.25) is 0 Å². The number of pyridine rings is 1. The third kappa shape index (κ3) is 4.39. The van der Waals surface area contributed by atoms with Crippen molar-refractivity contribution in [2.75, 3.05) is 38.6 Å². The second-order valence-corrected chi connectivity index (χ2v) is 9.29. The van der Waals surface area contributed by atoms with Crippen molar-refractivity contribution in [2.24, 2.45) is 11.3 Å². The number of anilines is 1. The fraction of sp³-hybridized carbons (Fsp3) is 0.667. The molecule has 1 aliphatic heterocycles. The molecule has 2 aliphatic rings. The highest BCUT2D eigenvalue weighted by molar-refractivity contribution is 5.95. The molecule has 0 spiro atoms. The van der Waals surface area contributed by atoms with Crippen LogP contribution >= 0.6 is 0 Å². The Hall–Kier alpha value is -2.31. The van der Waals surface area contributed by atoms with Gasteiger partial charge >= 0.3 is 6.09 Å². The summed E-state index contributed by atoms with van der Waals surface area (Å²) in [5, 5.41) is 2.95. The van der Waals surface area contributed by atoms with Crippen molar-refractivity contribution in [2.45, 2.75) is 45.6 Å². The summed E-state index contributed by atoms with van der Waals surface area (Å²) in [5.41, 5.74) is 0.0955. The van der Waals surface area contributed by atoms with Gasteiger partial charge in [0.1, 0.15) is 11.4 Å². The average Bonchev–Trinajstić information content (AvgIpc) is 3.15. The van der Waals surface area contributed by atoms with Crippen molar-refractivity contribution < 1.29 is 14.3 Å². The predicted molar refractivity (Wildman–Crippen MR) is 108 cm³/mol. The maximum absolute atomic E-state index is 13.1. The maximum Gasteiger partial charge on any atom is 0.407 e. The minimum atomic E-state index is -0.514. The van der Waals surface area contributed by atoms with Gasteiger partial charge in [-0.2, -0.15) is 0 Å². The second-order valence-electron chi connectivity index (χ2n) is 9.29. The molecule has 7 heteroatoms. The topological polar surface area (TPSA) is 74.8 Å². The summed E-state index contributed by atoms with van der Waals surface area (Å²) in [4.78, 5) is 33.3. The van der Waals surface area contributed by atoms with Gasteiger partial charge in [-0.15, -0.1) is 0 Å². The van der Waals surface area contributed by atoms with E-state index in [9.17, 15) is 9.59 Å². The number of ether oxygens (including phenoxy) is 1. The molecule has 0 aromatic carbocycles. The van der Waals surface area contributed by atoms with E-state index in [2.05, 4.69) is 10.3 Å². The maximum atomic E-state index is 13.1. The SMILES string of the molecule is CN(C)c1cc(C(=O)N2C[C@H]3CCC[C@@]3(CNC(=O)OC(C)(C)C)C2)ccn1. The third-order valence-electron chi connectivity index (χ3n) is 5.76. The number of carbonyl (C=O) groups excluding carboxylic acids is 2. The zero-order valence-corrected chi connectivity index (χ0v) is 17.6. The largest absolute Gasteiger partial charge is 0.444 e. The van der Waals surface area contributed by atoms with E-state index in [0.717, 1.165) is 31.6 Å². The van der Waals surface area contributed by atoms with Gasteiger partial charge in [0, 0.05) is 50.9 Å². The van der Waals surface area contributed by atoms with E-state index < -0.39 is 5.60 Å². The van der Waals surface area contributed by atoms with Gasteiger partial charge in [-0.25, -0.2) is 9.78 Å². The third-order valence-corrected chi connectivity index (χ3v) is 5.76. The summed E-state index contributed by atoms with van der Waals surface area (Å²) < 4.78 is 5.38. The molecule has 1 saturated carbocycles. The Morgan fingerprint density at radius 1 is 1.39 bits per heavy atom. The van der Waals surface area contributed by atoms with Crippen molar-refractivity contribution in [3.05, 3.63) is 23.9 Å². The quantitative estimate of drug-likeness (QED) is 0.858. The molecule has 2 heterocycles. The number of fused-ring (bicyclic) bond motifs is 1. The monoisotopic (exact) mass is 388 g/mol. The Morgan fingerprint density at radius 2 is 2.14 bits per heavy atom. The molecule has 1 saturated heterocycles. The molecule has 7 nitrogen and oxygen atoms in total. The first-order valence-corrected chi connectivity index (χ1v) is 9.99. The Kier molecular flexibility index (Phi) is 5.55. The Balaban J connectivity index is 1.68. The first kappa shape index (κ1) is 20.4.